The minimum absolute atomic E-state index is 0.178. The summed E-state index contributed by atoms with van der Waals surface area (Å²) in [7, 11) is 0. The van der Waals surface area contributed by atoms with Crippen LogP contribution in [0.2, 0.25) is 0 Å². The second kappa shape index (κ2) is 4.65. The van der Waals surface area contributed by atoms with Gasteiger partial charge in [0.15, 0.2) is 0 Å². The highest BCUT2D eigenvalue weighted by Crippen LogP contribution is 2.14. The molecule has 1 heterocycles. The number of nitrogens with zero attached hydrogens (tertiary/aromatic N) is 1. The van der Waals surface area contributed by atoms with Crippen LogP contribution >= 0.6 is 0 Å². The number of carbonyl (C=O) groups excluding carboxylic acids is 1. The number of carbonyl (C=O) groups is 1. The molecule has 17 heavy (non-hydrogen) atoms. The Morgan fingerprint density at radius 1 is 1.35 bits per heavy atom. The van der Waals surface area contributed by atoms with E-state index in [0.29, 0.717) is 16.9 Å². The molecule has 0 aliphatic carbocycles. The first-order valence-corrected chi connectivity index (χ1v) is 5.24. The minimum Gasteiger partial charge on any atom is -0.399 e. The molecule has 0 fully saturated rings. The molecule has 1 amide bonds. The highest BCUT2D eigenvalue weighted by atomic mass is 16.1. The molecule has 0 saturated carbocycles. The third kappa shape index (κ3) is 2.60. The number of nitrogen functional groups attached to an aromatic ring is 1. The van der Waals surface area contributed by atoms with Crippen LogP contribution < -0.4 is 11.1 Å². The lowest BCUT2D eigenvalue weighted by atomic mass is 10.1. The summed E-state index contributed by atoms with van der Waals surface area (Å²) >= 11 is 0. The van der Waals surface area contributed by atoms with Gasteiger partial charge in [-0.1, -0.05) is 6.07 Å². The van der Waals surface area contributed by atoms with Crippen LogP contribution in [0.4, 0.5) is 11.4 Å². The van der Waals surface area contributed by atoms with Crippen molar-refractivity contribution in [2.24, 2.45) is 0 Å². The molecule has 1 aromatic heterocycles. The van der Waals surface area contributed by atoms with Crippen molar-refractivity contribution in [1.29, 1.82) is 0 Å². The molecule has 4 heteroatoms. The van der Waals surface area contributed by atoms with E-state index in [2.05, 4.69) is 10.3 Å². The van der Waals surface area contributed by atoms with Gasteiger partial charge >= 0.3 is 0 Å². The quantitative estimate of drug-likeness (QED) is 0.773. The summed E-state index contributed by atoms with van der Waals surface area (Å²) in [5.41, 5.74) is 8.38. The Hall–Kier alpha value is -2.36. The number of hydrogen-bond donors (Lipinski definition) is 2. The number of hydrogen-bond acceptors (Lipinski definition) is 3. The second-order valence-corrected chi connectivity index (χ2v) is 3.77. The van der Waals surface area contributed by atoms with Gasteiger partial charge in [-0.2, -0.15) is 0 Å². The van der Waals surface area contributed by atoms with Crippen molar-refractivity contribution < 1.29 is 4.79 Å². The zero-order chi connectivity index (χ0) is 12.3. The lowest BCUT2D eigenvalue weighted by Crippen LogP contribution is -2.13. The SMILES string of the molecule is Cc1ccc(N)cc1C(=O)Nc1cccnc1. The summed E-state index contributed by atoms with van der Waals surface area (Å²) in [6.07, 6.45) is 3.25. The Kier molecular flexibility index (Phi) is 3.05. The Balaban J connectivity index is 2.23. The van der Waals surface area contributed by atoms with E-state index >= 15 is 0 Å². The zero-order valence-corrected chi connectivity index (χ0v) is 9.47. The first-order valence-electron chi connectivity index (χ1n) is 5.24. The van der Waals surface area contributed by atoms with Crippen molar-refractivity contribution >= 4 is 17.3 Å². The van der Waals surface area contributed by atoms with Crippen LogP contribution in [0.15, 0.2) is 42.7 Å². The Bertz CT molecular complexity index is 538. The van der Waals surface area contributed by atoms with Gasteiger partial charge in [0, 0.05) is 17.4 Å². The van der Waals surface area contributed by atoms with Gasteiger partial charge in [0.25, 0.3) is 5.91 Å². The van der Waals surface area contributed by atoms with Crippen molar-refractivity contribution in [2.75, 3.05) is 11.1 Å². The van der Waals surface area contributed by atoms with Crippen molar-refractivity contribution in [3.05, 3.63) is 53.9 Å². The summed E-state index contributed by atoms with van der Waals surface area (Å²) in [6.45, 7) is 1.87. The molecular formula is C13H13N3O. The fourth-order valence-electron chi connectivity index (χ4n) is 1.52. The van der Waals surface area contributed by atoms with Crippen LogP contribution in [0.1, 0.15) is 15.9 Å². The zero-order valence-electron chi connectivity index (χ0n) is 9.47. The second-order valence-electron chi connectivity index (χ2n) is 3.77. The maximum Gasteiger partial charge on any atom is 0.256 e. The molecule has 0 atom stereocenters. The first-order chi connectivity index (χ1) is 8.16. The number of nitrogens with one attached hydrogen (secondary N) is 1. The van der Waals surface area contributed by atoms with Crippen molar-refractivity contribution in [2.45, 2.75) is 6.92 Å². The van der Waals surface area contributed by atoms with Crippen LogP contribution in [-0.2, 0) is 0 Å². The van der Waals surface area contributed by atoms with E-state index in [9.17, 15) is 4.79 Å². The maximum atomic E-state index is 12.0. The van der Waals surface area contributed by atoms with Crippen LogP contribution in [0.25, 0.3) is 0 Å². The lowest BCUT2D eigenvalue weighted by molar-refractivity contribution is 0.102. The van der Waals surface area contributed by atoms with E-state index in [0.717, 1.165) is 5.56 Å². The monoisotopic (exact) mass is 227 g/mol. The fraction of sp³-hybridized carbons (Fsp3) is 0.0769. The average Bonchev–Trinajstić information content (AvgIpc) is 2.33. The summed E-state index contributed by atoms with van der Waals surface area (Å²) in [5.74, 6) is -0.178. The molecule has 0 spiro atoms. The number of pyridine rings is 1. The Morgan fingerprint density at radius 2 is 2.18 bits per heavy atom. The number of anilines is 2. The number of benzene rings is 1. The molecule has 0 aliphatic heterocycles. The predicted molar refractivity (Wildman–Crippen MR) is 67.8 cm³/mol. The Labute approximate surface area is 99.5 Å². The molecule has 86 valence electrons. The van der Waals surface area contributed by atoms with Gasteiger partial charge in [0.05, 0.1) is 11.9 Å². The largest absolute Gasteiger partial charge is 0.399 e. The highest BCUT2D eigenvalue weighted by molar-refractivity contribution is 6.05. The summed E-state index contributed by atoms with van der Waals surface area (Å²) in [6, 6.07) is 8.82. The third-order valence-corrected chi connectivity index (χ3v) is 2.43. The van der Waals surface area contributed by atoms with Crippen molar-refractivity contribution in [3.8, 4) is 0 Å². The molecule has 0 aliphatic rings. The summed E-state index contributed by atoms with van der Waals surface area (Å²) in [5, 5.41) is 2.77. The molecule has 2 aromatic rings. The number of nitrogens with two attached hydrogens (primary N) is 1. The van der Waals surface area contributed by atoms with Crippen molar-refractivity contribution in [1.82, 2.24) is 4.98 Å². The minimum atomic E-state index is -0.178. The smallest absolute Gasteiger partial charge is 0.256 e. The topological polar surface area (TPSA) is 68.0 Å². The third-order valence-electron chi connectivity index (χ3n) is 2.43. The number of amides is 1. The average molecular weight is 227 g/mol. The van der Waals surface area contributed by atoms with Crippen LogP contribution in [0.5, 0.6) is 0 Å². The Morgan fingerprint density at radius 3 is 2.88 bits per heavy atom. The number of rotatable bonds is 2. The van der Waals surface area contributed by atoms with Gasteiger partial charge < -0.3 is 11.1 Å². The predicted octanol–water partition coefficient (Wildman–Crippen LogP) is 2.22. The van der Waals surface area contributed by atoms with E-state index < -0.39 is 0 Å². The molecule has 3 N–H and O–H groups in total. The van der Waals surface area contributed by atoms with E-state index in [1.165, 1.54) is 0 Å². The lowest BCUT2D eigenvalue weighted by Gasteiger charge is -2.07. The van der Waals surface area contributed by atoms with E-state index in [1.807, 2.05) is 13.0 Å². The van der Waals surface area contributed by atoms with Gasteiger partial charge in [-0.05, 0) is 36.8 Å². The van der Waals surface area contributed by atoms with Gasteiger partial charge in [-0.25, -0.2) is 0 Å². The standard InChI is InChI=1S/C13H13N3O/c1-9-4-5-10(14)7-12(9)13(17)16-11-3-2-6-15-8-11/h2-8H,14H2,1H3,(H,16,17). The fourth-order valence-corrected chi connectivity index (χ4v) is 1.52. The number of aryl methyl sites for hydroxylation is 1. The van der Waals surface area contributed by atoms with Gasteiger partial charge in [0.1, 0.15) is 0 Å². The molecule has 0 unspecified atom stereocenters. The molecule has 0 radical (unpaired) electrons. The van der Waals surface area contributed by atoms with E-state index in [4.69, 9.17) is 5.73 Å². The molecule has 1 aromatic carbocycles. The van der Waals surface area contributed by atoms with Crippen molar-refractivity contribution in [3.63, 3.8) is 0 Å². The van der Waals surface area contributed by atoms with E-state index in [1.54, 1.807) is 36.7 Å². The molecule has 4 nitrogen and oxygen atoms in total. The van der Waals surface area contributed by atoms with E-state index in [-0.39, 0.29) is 5.91 Å². The van der Waals surface area contributed by atoms with Gasteiger partial charge in [-0.15, -0.1) is 0 Å². The normalized spacial score (nSPS) is 9.94. The van der Waals surface area contributed by atoms with Crippen LogP contribution in [0, 0.1) is 6.92 Å². The molecule has 0 saturated heterocycles. The molecule has 2 rings (SSSR count). The first kappa shape index (κ1) is 11.1. The highest BCUT2D eigenvalue weighted by Gasteiger charge is 2.09. The number of aromatic nitrogens is 1. The van der Waals surface area contributed by atoms with Gasteiger partial charge in [-0.3, -0.25) is 9.78 Å². The summed E-state index contributed by atoms with van der Waals surface area (Å²) in [4.78, 5) is 15.9. The maximum absolute atomic E-state index is 12.0. The summed E-state index contributed by atoms with van der Waals surface area (Å²) < 4.78 is 0. The van der Waals surface area contributed by atoms with Crippen LogP contribution in [0.3, 0.4) is 0 Å². The van der Waals surface area contributed by atoms with Crippen LogP contribution in [-0.4, -0.2) is 10.9 Å². The van der Waals surface area contributed by atoms with Gasteiger partial charge in [0.2, 0.25) is 0 Å². The molecule has 0 bridgehead atoms. The molecular weight excluding hydrogens is 214 g/mol.